The van der Waals surface area contributed by atoms with Crippen LogP contribution in [0, 0.1) is 0 Å². The number of hydrogen-bond donors (Lipinski definition) is 1. The maximum absolute atomic E-state index is 4.21. The molecule has 0 bridgehead atoms. The zero-order valence-corrected chi connectivity index (χ0v) is 7.20. The second-order valence-electron chi connectivity index (χ2n) is 2.31. The Morgan fingerprint density at radius 2 is 2.22 bits per heavy atom. The van der Waals surface area contributed by atoms with Gasteiger partial charge in [0.1, 0.15) is 0 Å². The Hall–Kier alpha value is 0.0900. The monoisotopic (exact) mass is 144 g/mol. The molecule has 0 aromatic carbocycles. The fraction of sp³-hybridized carbons (Fsp3) is 0.750. The van der Waals surface area contributed by atoms with Crippen LogP contribution in [0.1, 0.15) is 33.1 Å². The zero-order valence-electron chi connectivity index (χ0n) is 6.30. The van der Waals surface area contributed by atoms with Crippen LogP contribution >= 0.6 is 12.6 Å². The number of unbranched alkanes of at least 4 members (excludes halogenated alkanes) is 2. The Morgan fingerprint density at radius 1 is 1.56 bits per heavy atom. The third-order valence-corrected chi connectivity index (χ3v) is 1.31. The smallest absolute Gasteiger partial charge is 0.0168 e. The second kappa shape index (κ2) is 6.21. The van der Waals surface area contributed by atoms with E-state index in [1.807, 2.05) is 0 Å². The highest BCUT2D eigenvalue weighted by Gasteiger charge is 1.82. The van der Waals surface area contributed by atoms with Crippen LogP contribution in [0.4, 0.5) is 0 Å². The van der Waals surface area contributed by atoms with Gasteiger partial charge >= 0.3 is 0 Å². The normalized spacial score (nSPS) is 14.6. The summed E-state index contributed by atoms with van der Waals surface area (Å²) < 4.78 is 0. The van der Waals surface area contributed by atoms with Crippen LogP contribution in [0.2, 0.25) is 0 Å². The lowest BCUT2D eigenvalue weighted by Crippen LogP contribution is -1.80. The summed E-state index contributed by atoms with van der Waals surface area (Å²) in [6.07, 6.45) is 8.14. The van der Waals surface area contributed by atoms with Crippen molar-refractivity contribution in [1.29, 1.82) is 0 Å². The van der Waals surface area contributed by atoms with E-state index in [1.54, 1.807) is 0 Å². The van der Waals surface area contributed by atoms with E-state index in [2.05, 4.69) is 38.6 Å². The molecule has 0 nitrogen and oxygen atoms in total. The van der Waals surface area contributed by atoms with Crippen LogP contribution in [-0.2, 0) is 0 Å². The molecule has 9 heavy (non-hydrogen) atoms. The van der Waals surface area contributed by atoms with Crippen molar-refractivity contribution in [3.05, 3.63) is 12.2 Å². The Labute approximate surface area is 63.8 Å². The summed E-state index contributed by atoms with van der Waals surface area (Å²) in [5.74, 6) is 0. The molecule has 54 valence electrons. The Kier molecular flexibility index (Phi) is 6.28. The lowest BCUT2D eigenvalue weighted by atomic mass is 10.2. The SMILES string of the molecule is CCCCC=CC(C)S. The van der Waals surface area contributed by atoms with Gasteiger partial charge in [-0.2, -0.15) is 12.6 Å². The average Bonchev–Trinajstić information content (AvgIpc) is 1.80. The van der Waals surface area contributed by atoms with E-state index in [1.165, 1.54) is 19.3 Å². The van der Waals surface area contributed by atoms with Crippen molar-refractivity contribution in [3.63, 3.8) is 0 Å². The third kappa shape index (κ3) is 8.09. The van der Waals surface area contributed by atoms with Crippen molar-refractivity contribution < 1.29 is 0 Å². The van der Waals surface area contributed by atoms with Crippen LogP contribution in [-0.4, -0.2) is 5.25 Å². The summed E-state index contributed by atoms with van der Waals surface area (Å²) in [7, 11) is 0. The first-order valence-electron chi connectivity index (χ1n) is 3.62. The van der Waals surface area contributed by atoms with Crippen molar-refractivity contribution in [2.45, 2.75) is 38.4 Å². The van der Waals surface area contributed by atoms with E-state index >= 15 is 0 Å². The lowest BCUT2D eigenvalue weighted by Gasteiger charge is -1.91. The number of hydrogen-bond acceptors (Lipinski definition) is 1. The molecule has 0 saturated carbocycles. The largest absolute Gasteiger partial charge is 0.172 e. The highest BCUT2D eigenvalue weighted by Crippen LogP contribution is 1.99. The van der Waals surface area contributed by atoms with E-state index in [4.69, 9.17) is 0 Å². The van der Waals surface area contributed by atoms with Crippen LogP contribution in [0.25, 0.3) is 0 Å². The van der Waals surface area contributed by atoms with Gasteiger partial charge in [0.25, 0.3) is 0 Å². The first-order chi connectivity index (χ1) is 4.27. The van der Waals surface area contributed by atoms with Crippen LogP contribution < -0.4 is 0 Å². The van der Waals surface area contributed by atoms with E-state index < -0.39 is 0 Å². The molecular formula is C8H16S. The molecule has 0 N–H and O–H groups in total. The standard InChI is InChI=1S/C8H16S/c1-3-4-5-6-7-8(2)9/h6-9H,3-5H2,1-2H3. The lowest BCUT2D eigenvalue weighted by molar-refractivity contribution is 0.813. The van der Waals surface area contributed by atoms with Gasteiger partial charge in [0, 0.05) is 5.25 Å². The van der Waals surface area contributed by atoms with Crippen molar-refractivity contribution in [1.82, 2.24) is 0 Å². The van der Waals surface area contributed by atoms with Crippen molar-refractivity contribution >= 4 is 12.6 Å². The maximum Gasteiger partial charge on any atom is 0.0168 e. The quantitative estimate of drug-likeness (QED) is 0.350. The fourth-order valence-corrected chi connectivity index (χ4v) is 0.737. The molecule has 1 heteroatoms. The van der Waals surface area contributed by atoms with Gasteiger partial charge in [0.2, 0.25) is 0 Å². The molecule has 0 aromatic heterocycles. The molecule has 0 aliphatic carbocycles. The summed E-state index contributed by atoms with van der Waals surface area (Å²) in [6.45, 7) is 4.28. The number of rotatable bonds is 4. The Morgan fingerprint density at radius 3 is 2.67 bits per heavy atom. The van der Waals surface area contributed by atoms with Gasteiger partial charge < -0.3 is 0 Å². The minimum Gasteiger partial charge on any atom is -0.172 e. The fourth-order valence-electron chi connectivity index (χ4n) is 0.615. The molecule has 1 atom stereocenters. The predicted molar refractivity (Wildman–Crippen MR) is 47.1 cm³/mol. The first-order valence-corrected chi connectivity index (χ1v) is 4.13. The zero-order chi connectivity index (χ0) is 7.11. The molecule has 0 heterocycles. The maximum atomic E-state index is 4.21. The molecular weight excluding hydrogens is 128 g/mol. The molecule has 0 radical (unpaired) electrons. The molecule has 0 saturated heterocycles. The van der Waals surface area contributed by atoms with Crippen molar-refractivity contribution in [2.24, 2.45) is 0 Å². The average molecular weight is 144 g/mol. The van der Waals surface area contributed by atoms with Gasteiger partial charge in [0.15, 0.2) is 0 Å². The van der Waals surface area contributed by atoms with E-state index in [9.17, 15) is 0 Å². The molecule has 0 aromatic rings. The molecule has 0 rings (SSSR count). The highest BCUT2D eigenvalue weighted by molar-refractivity contribution is 7.81. The van der Waals surface area contributed by atoms with Crippen LogP contribution in [0.15, 0.2) is 12.2 Å². The van der Waals surface area contributed by atoms with Gasteiger partial charge in [-0.15, -0.1) is 0 Å². The molecule has 0 aliphatic rings. The van der Waals surface area contributed by atoms with E-state index in [-0.39, 0.29) is 0 Å². The molecule has 1 unspecified atom stereocenters. The van der Waals surface area contributed by atoms with E-state index in [0.717, 1.165) is 0 Å². The molecule has 0 aliphatic heterocycles. The molecule has 0 amide bonds. The summed E-state index contributed by atoms with van der Waals surface area (Å²) in [4.78, 5) is 0. The van der Waals surface area contributed by atoms with Gasteiger partial charge in [-0.3, -0.25) is 0 Å². The van der Waals surface area contributed by atoms with Crippen LogP contribution in [0.5, 0.6) is 0 Å². The van der Waals surface area contributed by atoms with Gasteiger partial charge in [-0.25, -0.2) is 0 Å². The Bertz CT molecular complexity index is 74.6. The summed E-state index contributed by atoms with van der Waals surface area (Å²) >= 11 is 4.21. The summed E-state index contributed by atoms with van der Waals surface area (Å²) in [5.41, 5.74) is 0. The summed E-state index contributed by atoms with van der Waals surface area (Å²) in [5, 5.41) is 0.418. The van der Waals surface area contributed by atoms with Gasteiger partial charge in [-0.1, -0.05) is 38.8 Å². The van der Waals surface area contributed by atoms with Crippen molar-refractivity contribution in [2.75, 3.05) is 0 Å². The number of allylic oxidation sites excluding steroid dienone is 1. The van der Waals surface area contributed by atoms with Crippen molar-refractivity contribution in [3.8, 4) is 0 Å². The number of thiol groups is 1. The first kappa shape index (κ1) is 9.09. The summed E-state index contributed by atoms with van der Waals surface area (Å²) in [6, 6.07) is 0. The third-order valence-electron chi connectivity index (χ3n) is 1.14. The second-order valence-corrected chi connectivity index (χ2v) is 3.13. The van der Waals surface area contributed by atoms with Gasteiger partial charge in [0.05, 0.1) is 0 Å². The minimum atomic E-state index is 0.418. The van der Waals surface area contributed by atoms with E-state index in [0.29, 0.717) is 5.25 Å². The van der Waals surface area contributed by atoms with Gasteiger partial charge in [-0.05, 0) is 6.42 Å². The topological polar surface area (TPSA) is 0 Å². The Balaban J connectivity index is 3.04. The molecule has 0 spiro atoms. The molecule has 0 fully saturated rings. The minimum absolute atomic E-state index is 0.418. The predicted octanol–water partition coefficient (Wildman–Crippen LogP) is 3.05. The highest BCUT2D eigenvalue weighted by atomic mass is 32.1. The van der Waals surface area contributed by atoms with Crippen LogP contribution in [0.3, 0.4) is 0 Å².